The number of rotatable bonds is 8. The number of esters is 1. The fraction of sp³-hybridized carbons (Fsp3) is 0.333. The van der Waals surface area contributed by atoms with E-state index >= 15 is 0 Å². The molecular formula is C21H24N2O4. The Bertz CT molecular complexity index is 902. The predicted molar refractivity (Wildman–Crippen MR) is 103 cm³/mol. The Kier molecular flexibility index (Phi) is 6.08. The number of carbonyl (C=O) groups is 1. The van der Waals surface area contributed by atoms with Crippen LogP contribution in [0.1, 0.15) is 30.0 Å². The van der Waals surface area contributed by atoms with Gasteiger partial charge in [-0.15, -0.1) is 0 Å². The van der Waals surface area contributed by atoms with E-state index in [1.807, 2.05) is 35.8 Å². The zero-order valence-corrected chi connectivity index (χ0v) is 15.6. The topological polar surface area (TPSA) is 73.6 Å². The molecule has 1 heterocycles. The minimum absolute atomic E-state index is 0.147. The van der Waals surface area contributed by atoms with Gasteiger partial charge in [-0.3, -0.25) is 0 Å². The molecule has 142 valence electrons. The number of carbonyl (C=O) groups excluding carboxylic acids is 1. The lowest BCUT2D eigenvalue weighted by Gasteiger charge is -2.15. The molecule has 0 aliphatic carbocycles. The summed E-state index contributed by atoms with van der Waals surface area (Å²) >= 11 is 0. The van der Waals surface area contributed by atoms with E-state index in [1.54, 1.807) is 31.2 Å². The summed E-state index contributed by atoms with van der Waals surface area (Å²) in [5, 5.41) is 10.4. The first-order valence-electron chi connectivity index (χ1n) is 9.14. The standard InChI is InChI=1S/C21H24N2O4/c1-3-20-22-18-7-5-6-8-19(18)23(20)13-16(24)14-27-17-11-9-15(10-12-17)21(25)26-4-2/h5-12,16,24H,3-4,13-14H2,1-2H3/t16-/m0/s1. The molecule has 1 atom stereocenters. The number of hydrogen-bond acceptors (Lipinski definition) is 5. The number of fused-ring (bicyclic) bond motifs is 1. The van der Waals surface area contributed by atoms with Crippen LogP contribution in [0, 0.1) is 0 Å². The second kappa shape index (κ2) is 8.68. The molecule has 0 fully saturated rings. The van der Waals surface area contributed by atoms with Crippen molar-refractivity contribution in [2.75, 3.05) is 13.2 Å². The minimum Gasteiger partial charge on any atom is -0.491 e. The molecule has 0 bridgehead atoms. The van der Waals surface area contributed by atoms with Gasteiger partial charge in [0.25, 0.3) is 0 Å². The maximum absolute atomic E-state index is 11.7. The smallest absolute Gasteiger partial charge is 0.338 e. The first-order valence-corrected chi connectivity index (χ1v) is 9.14. The van der Waals surface area contributed by atoms with Crippen molar-refractivity contribution in [1.82, 2.24) is 9.55 Å². The number of aromatic nitrogens is 2. The monoisotopic (exact) mass is 368 g/mol. The van der Waals surface area contributed by atoms with E-state index in [0.29, 0.717) is 24.5 Å². The minimum atomic E-state index is -0.683. The summed E-state index contributed by atoms with van der Waals surface area (Å²) in [4.78, 5) is 16.3. The zero-order chi connectivity index (χ0) is 19.2. The molecule has 0 saturated heterocycles. The van der Waals surface area contributed by atoms with Crippen molar-refractivity contribution in [3.8, 4) is 5.75 Å². The molecule has 0 saturated carbocycles. The quantitative estimate of drug-likeness (QED) is 0.618. The van der Waals surface area contributed by atoms with Crippen LogP contribution >= 0.6 is 0 Å². The summed E-state index contributed by atoms with van der Waals surface area (Å²) in [5.74, 6) is 1.17. The number of imidazole rings is 1. The molecule has 0 aliphatic rings. The van der Waals surface area contributed by atoms with Crippen LogP contribution < -0.4 is 4.74 Å². The Morgan fingerprint density at radius 3 is 2.59 bits per heavy atom. The Hall–Kier alpha value is -2.86. The number of aliphatic hydroxyl groups excluding tert-OH is 1. The molecule has 0 amide bonds. The number of nitrogens with zero attached hydrogens (tertiary/aromatic N) is 2. The molecular weight excluding hydrogens is 344 g/mol. The van der Waals surface area contributed by atoms with Gasteiger partial charge in [-0.25, -0.2) is 9.78 Å². The Morgan fingerprint density at radius 1 is 1.15 bits per heavy atom. The van der Waals surface area contributed by atoms with Gasteiger partial charge in [0, 0.05) is 6.42 Å². The second-order valence-electron chi connectivity index (χ2n) is 6.19. The molecule has 1 N–H and O–H groups in total. The third-order valence-electron chi connectivity index (χ3n) is 4.25. The Balaban J connectivity index is 1.62. The number of aliphatic hydroxyl groups is 1. The van der Waals surface area contributed by atoms with E-state index in [0.717, 1.165) is 23.3 Å². The van der Waals surface area contributed by atoms with Gasteiger partial charge in [0.1, 0.15) is 24.3 Å². The molecule has 3 aromatic rings. The third kappa shape index (κ3) is 4.46. The predicted octanol–water partition coefficient (Wildman–Crippen LogP) is 3.22. The number of hydrogen-bond donors (Lipinski definition) is 1. The average Bonchev–Trinajstić information content (AvgIpc) is 3.04. The Morgan fingerprint density at radius 2 is 1.89 bits per heavy atom. The maximum atomic E-state index is 11.7. The van der Waals surface area contributed by atoms with Gasteiger partial charge in [0.15, 0.2) is 0 Å². The zero-order valence-electron chi connectivity index (χ0n) is 15.6. The molecule has 2 aromatic carbocycles. The lowest BCUT2D eigenvalue weighted by molar-refractivity contribution is 0.0526. The number of aryl methyl sites for hydroxylation is 1. The summed E-state index contributed by atoms with van der Waals surface area (Å²) in [5.41, 5.74) is 2.41. The van der Waals surface area contributed by atoms with Crippen molar-refractivity contribution in [1.29, 1.82) is 0 Å². The molecule has 27 heavy (non-hydrogen) atoms. The van der Waals surface area contributed by atoms with E-state index in [2.05, 4.69) is 4.98 Å². The van der Waals surface area contributed by atoms with E-state index in [1.165, 1.54) is 0 Å². The van der Waals surface area contributed by atoms with Gasteiger partial charge >= 0.3 is 5.97 Å². The van der Waals surface area contributed by atoms with Crippen molar-refractivity contribution in [3.05, 3.63) is 59.9 Å². The number of benzene rings is 2. The molecule has 0 radical (unpaired) electrons. The van der Waals surface area contributed by atoms with Crippen LogP contribution in [0.15, 0.2) is 48.5 Å². The molecule has 0 unspecified atom stereocenters. The lowest BCUT2D eigenvalue weighted by Crippen LogP contribution is -2.24. The lowest BCUT2D eigenvalue weighted by atomic mass is 10.2. The van der Waals surface area contributed by atoms with Gasteiger partial charge in [0.2, 0.25) is 0 Å². The number of ether oxygens (including phenoxy) is 2. The highest BCUT2D eigenvalue weighted by molar-refractivity contribution is 5.89. The van der Waals surface area contributed by atoms with Gasteiger partial charge in [-0.05, 0) is 43.3 Å². The highest BCUT2D eigenvalue weighted by Gasteiger charge is 2.14. The van der Waals surface area contributed by atoms with Crippen molar-refractivity contribution >= 4 is 17.0 Å². The molecule has 0 aliphatic heterocycles. The van der Waals surface area contributed by atoms with E-state index in [4.69, 9.17) is 9.47 Å². The number of para-hydroxylation sites is 2. The van der Waals surface area contributed by atoms with Crippen LogP contribution in [0.3, 0.4) is 0 Å². The van der Waals surface area contributed by atoms with Crippen LogP contribution in [0.5, 0.6) is 5.75 Å². The molecule has 6 heteroatoms. The summed E-state index contributed by atoms with van der Waals surface area (Å²) in [6.45, 7) is 4.71. The summed E-state index contributed by atoms with van der Waals surface area (Å²) < 4.78 is 12.6. The summed E-state index contributed by atoms with van der Waals surface area (Å²) in [6, 6.07) is 14.6. The van der Waals surface area contributed by atoms with Crippen molar-refractivity contribution in [2.24, 2.45) is 0 Å². The van der Waals surface area contributed by atoms with Crippen molar-refractivity contribution < 1.29 is 19.4 Å². The normalized spacial score (nSPS) is 12.1. The van der Waals surface area contributed by atoms with Crippen LogP contribution in [-0.4, -0.2) is 39.9 Å². The largest absolute Gasteiger partial charge is 0.491 e. The molecule has 1 aromatic heterocycles. The summed E-state index contributed by atoms with van der Waals surface area (Å²) in [7, 11) is 0. The van der Waals surface area contributed by atoms with E-state index in [-0.39, 0.29) is 12.6 Å². The maximum Gasteiger partial charge on any atom is 0.338 e. The van der Waals surface area contributed by atoms with Gasteiger partial charge in [-0.2, -0.15) is 0 Å². The second-order valence-corrected chi connectivity index (χ2v) is 6.19. The molecule has 0 spiro atoms. The van der Waals surface area contributed by atoms with Crippen molar-refractivity contribution in [3.63, 3.8) is 0 Å². The van der Waals surface area contributed by atoms with Crippen LogP contribution in [0.4, 0.5) is 0 Å². The van der Waals surface area contributed by atoms with Gasteiger partial charge in [0.05, 0.1) is 29.7 Å². The summed E-state index contributed by atoms with van der Waals surface area (Å²) in [6.07, 6.45) is 0.107. The van der Waals surface area contributed by atoms with Crippen LogP contribution in [-0.2, 0) is 17.7 Å². The Labute approximate surface area is 158 Å². The SMILES string of the molecule is CCOC(=O)c1ccc(OC[C@@H](O)Cn2c(CC)nc3ccccc32)cc1. The third-order valence-corrected chi connectivity index (χ3v) is 4.25. The average molecular weight is 368 g/mol. The van der Waals surface area contributed by atoms with E-state index < -0.39 is 6.10 Å². The molecule has 6 nitrogen and oxygen atoms in total. The van der Waals surface area contributed by atoms with E-state index in [9.17, 15) is 9.90 Å². The highest BCUT2D eigenvalue weighted by Crippen LogP contribution is 2.18. The fourth-order valence-corrected chi connectivity index (χ4v) is 2.96. The molecule has 3 rings (SSSR count). The highest BCUT2D eigenvalue weighted by atomic mass is 16.5. The van der Waals surface area contributed by atoms with Crippen LogP contribution in [0.25, 0.3) is 11.0 Å². The fourth-order valence-electron chi connectivity index (χ4n) is 2.96. The van der Waals surface area contributed by atoms with Crippen molar-refractivity contribution in [2.45, 2.75) is 32.9 Å². The first kappa shape index (κ1) is 18.9. The first-order chi connectivity index (χ1) is 13.1. The van der Waals surface area contributed by atoms with Gasteiger partial charge in [-0.1, -0.05) is 19.1 Å². The van der Waals surface area contributed by atoms with Gasteiger partial charge < -0.3 is 19.1 Å². The van der Waals surface area contributed by atoms with Crippen LogP contribution in [0.2, 0.25) is 0 Å².